The Balaban J connectivity index is 1.22. The summed E-state index contributed by atoms with van der Waals surface area (Å²) in [4.78, 5) is 21.4. The normalized spacial score (nSPS) is 24.6. The molecule has 4 heteroatoms. The van der Waals surface area contributed by atoms with E-state index >= 15 is 0 Å². The molecule has 2 heterocycles. The highest BCUT2D eigenvalue weighted by Gasteiger charge is 2.29. The molecule has 2 fully saturated rings. The second-order valence-electron chi connectivity index (χ2n) is 7.89. The zero-order valence-corrected chi connectivity index (χ0v) is 16.0. The van der Waals surface area contributed by atoms with Gasteiger partial charge >= 0.3 is 0 Å². The molecule has 0 amide bonds. The minimum Gasteiger partial charge on any atom is -0.298 e. The van der Waals surface area contributed by atoms with Gasteiger partial charge in [-0.15, -0.1) is 0 Å². The van der Waals surface area contributed by atoms with E-state index in [0.29, 0.717) is 6.54 Å². The van der Waals surface area contributed by atoms with Gasteiger partial charge in [0.1, 0.15) is 0 Å². The average Bonchev–Trinajstić information content (AvgIpc) is 2.76. The second kappa shape index (κ2) is 8.77. The summed E-state index contributed by atoms with van der Waals surface area (Å²) in [5.74, 6) is 0.917. The Morgan fingerprint density at radius 3 is 2.33 bits per heavy atom. The van der Waals surface area contributed by atoms with Crippen LogP contribution in [0.25, 0.3) is 0 Å². The largest absolute Gasteiger partial charge is 0.298 e. The molecular weight excluding hydrogens is 334 g/mol. The smallest absolute Gasteiger partial charge is 0.178 e. The maximum atomic E-state index is 12.4. The van der Waals surface area contributed by atoms with Gasteiger partial charge in [0.05, 0.1) is 6.54 Å². The Morgan fingerprint density at radius 1 is 0.926 bits per heavy atom. The van der Waals surface area contributed by atoms with Crippen molar-refractivity contribution in [3.05, 3.63) is 66.0 Å². The van der Waals surface area contributed by atoms with Crippen molar-refractivity contribution in [2.75, 3.05) is 32.7 Å². The standard InChI is InChI=1S/C23H29N3O/c27-23(21-7-4-12-24-17-21)18-25-13-15-26(16-14-25)22-10-8-20(9-11-22)19-5-2-1-3-6-19/h1-7,12,17,20,22H,8-11,13-16,18H2. The highest BCUT2D eigenvalue weighted by molar-refractivity contribution is 5.97. The summed E-state index contributed by atoms with van der Waals surface area (Å²) < 4.78 is 0. The minimum absolute atomic E-state index is 0.180. The van der Waals surface area contributed by atoms with Gasteiger partial charge in [-0.1, -0.05) is 30.3 Å². The SMILES string of the molecule is O=C(CN1CCN(C2CCC(c3ccccc3)CC2)CC1)c1cccnc1. The van der Waals surface area contributed by atoms with E-state index in [1.807, 2.05) is 12.1 Å². The molecule has 1 saturated heterocycles. The molecule has 0 radical (unpaired) electrons. The van der Waals surface area contributed by atoms with E-state index in [0.717, 1.165) is 43.7 Å². The Hall–Kier alpha value is -2.04. The molecule has 0 N–H and O–H groups in total. The lowest BCUT2D eigenvalue weighted by atomic mass is 9.81. The summed E-state index contributed by atoms with van der Waals surface area (Å²) in [6.45, 7) is 4.66. The van der Waals surface area contributed by atoms with Crippen LogP contribution in [0.3, 0.4) is 0 Å². The monoisotopic (exact) mass is 363 g/mol. The van der Waals surface area contributed by atoms with Crippen molar-refractivity contribution < 1.29 is 4.79 Å². The highest BCUT2D eigenvalue weighted by atomic mass is 16.1. The van der Waals surface area contributed by atoms with Gasteiger partial charge in [0, 0.05) is 50.2 Å². The van der Waals surface area contributed by atoms with Gasteiger partial charge in [-0.3, -0.25) is 19.6 Å². The van der Waals surface area contributed by atoms with Crippen molar-refractivity contribution in [2.24, 2.45) is 0 Å². The molecule has 2 aliphatic rings. The molecule has 1 aliphatic carbocycles. The van der Waals surface area contributed by atoms with Crippen LogP contribution in [0.5, 0.6) is 0 Å². The molecule has 4 nitrogen and oxygen atoms in total. The highest BCUT2D eigenvalue weighted by Crippen LogP contribution is 2.34. The van der Waals surface area contributed by atoms with Crippen LogP contribution in [0.2, 0.25) is 0 Å². The van der Waals surface area contributed by atoms with E-state index in [4.69, 9.17) is 0 Å². The van der Waals surface area contributed by atoms with Gasteiger partial charge in [-0.2, -0.15) is 0 Å². The molecule has 1 saturated carbocycles. The molecule has 0 unspecified atom stereocenters. The number of rotatable bonds is 5. The van der Waals surface area contributed by atoms with E-state index in [-0.39, 0.29) is 5.78 Å². The number of hydrogen-bond donors (Lipinski definition) is 0. The fraction of sp³-hybridized carbons (Fsp3) is 0.478. The average molecular weight is 364 g/mol. The first-order chi connectivity index (χ1) is 13.3. The summed E-state index contributed by atoms with van der Waals surface area (Å²) >= 11 is 0. The van der Waals surface area contributed by atoms with Gasteiger partial charge < -0.3 is 0 Å². The molecular formula is C23H29N3O. The van der Waals surface area contributed by atoms with Crippen molar-refractivity contribution in [3.63, 3.8) is 0 Å². The summed E-state index contributed by atoms with van der Waals surface area (Å²) in [7, 11) is 0. The van der Waals surface area contributed by atoms with E-state index in [2.05, 4.69) is 45.1 Å². The van der Waals surface area contributed by atoms with Crippen LogP contribution in [-0.4, -0.2) is 59.3 Å². The van der Waals surface area contributed by atoms with Crippen LogP contribution in [0.1, 0.15) is 47.5 Å². The summed E-state index contributed by atoms with van der Waals surface area (Å²) in [6, 6.07) is 15.4. The zero-order valence-electron chi connectivity index (χ0n) is 16.0. The number of ketones is 1. The quantitative estimate of drug-likeness (QED) is 0.761. The number of aromatic nitrogens is 1. The summed E-state index contributed by atoms with van der Waals surface area (Å²) in [5, 5.41) is 0. The van der Waals surface area contributed by atoms with Gasteiger partial charge in [0.2, 0.25) is 0 Å². The molecule has 0 bridgehead atoms. The van der Waals surface area contributed by atoms with E-state index in [9.17, 15) is 4.79 Å². The van der Waals surface area contributed by atoms with Gasteiger partial charge in [0.15, 0.2) is 5.78 Å². The molecule has 142 valence electrons. The van der Waals surface area contributed by atoms with E-state index in [1.165, 1.54) is 31.2 Å². The second-order valence-corrected chi connectivity index (χ2v) is 7.89. The van der Waals surface area contributed by atoms with Crippen LogP contribution in [0, 0.1) is 0 Å². The molecule has 4 rings (SSSR count). The third-order valence-electron chi connectivity index (χ3n) is 6.24. The third kappa shape index (κ3) is 4.63. The molecule has 1 aromatic heterocycles. The number of piperazine rings is 1. The van der Waals surface area contributed by atoms with Crippen LogP contribution < -0.4 is 0 Å². The van der Waals surface area contributed by atoms with Crippen molar-refractivity contribution in [1.82, 2.24) is 14.8 Å². The number of hydrogen-bond acceptors (Lipinski definition) is 4. The van der Waals surface area contributed by atoms with E-state index in [1.54, 1.807) is 12.4 Å². The van der Waals surface area contributed by atoms with Crippen LogP contribution in [0.4, 0.5) is 0 Å². The van der Waals surface area contributed by atoms with Gasteiger partial charge in [0.25, 0.3) is 0 Å². The van der Waals surface area contributed by atoms with Crippen molar-refractivity contribution in [3.8, 4) is 0 Å². The number of carbonyl (C=O) groups is 1. The zero-order chi connectivity index (χ0) is 18.5. The number of Topliss-reactive ketones (excluding diaryl/α,β-unsaturated/α-hetero) is 1. The first-order valence-corrected chi connectivity index (χ1v) is 10.2. The Morgan fingerprint density at radius 2 is 1.67 bits per heavy atom. The third-order valence-corrected chi connectivity index (χ3v) is 6.24. The maximum Gasteiger partial charge on any atom is 0.178 e. The first-order valence-electron chi connectivity index (χ1n) is 10.2. The summed E-state index contributed by atoms with van der Waals surface area (Å²) in [6.07, 6.45) is 8.58. The molecule has 27 heavy (non-hydrogen) atoms. The van der Waals surface area contributed by atoms with Crippen molar-refractivity contribution in [1.29, 1.82) is 0 Å². The topological polar surface area (TPSA) is 36.4 Å². The fourth-order valence-corrected chi connectivity index (χ4v) is 4.61. The van der Waals surface area contributed by atoms with Crippen LogP contribution >= 0.6 is 0 Å². The molecule has 1 aromatic carbocycles. The summed E-state index contributed by atoms with van der Waals surface area (Å²) in [5.41, 5.74) is 2.23. The van der Waals surface area contributed by atoms with E-state index < -0.39 is 0 Å². The minimum atomic E-state index is 0.180. The predicted octanol–water partition coefficient (Wildman–Crippen LogP) is 3.61. The predicted molar refractivity (Wildman–Crippen MR) is 108 cm³/mol. The Labute approximate surface area is 162 Å². The first kappa shape index (κ1) is 18.3. The maximum absolute atomic E-state index is 12.4. The lowest BCUT2D eigenvalue weighted by Gasteiger charge is -2.42. The van der Waals surface area contributed by atoms with Crippen molar-refractivity contribution >= 4 is 5.78 Å². The fourth-order valence-electron chi connectivity index (χ4n) is 4.61. The molecule has 0 atom stereocenters. The molecule has 0 spiro atoms. The number of benzene rings is 1. The molecule has 2 aromatic rings. The number of carbonyl (C=O) groups excluding carboxylic acids is 1. The number of pyridine rings is 1. The van der Waals surface area contributed by atoms with Gasteiger partial charge in [-0.25, -0.2) is 0 Å². The van der Waals surface area contributed by atoms with Crippen molar-refractivity contribution in [2.45, 2.75) is 37.6 Å². The Kier molecular flexibility index (Phi) is 5.95. The Bertz CT molecular complexity index is 718. The van der Waals surface area contributed by atoms with Crippen LogP contribution in [-0.2, 0) is 0 Å². The lowest BCUT2D eigenvalue weighted by Crippen LogP contribution is -2.51. The lowest BCUT2D eigenvalue weighted by molar-refractivity contribution is 0.0674. The number of nitrogens with zero attached hydrogens (tertiary/aromatic N) is 3. The van der Waals surface area contributed by atoms with Gasteiger partial charge in [-0.05, 0) is 49.3 Å². The molecule has 1 aliphatic heterocycles. The van der Waals surface area contributed by atoms with Crippen LogP contribution in [0.15, 0.2) is 54.9 Å².